The Morgan fingerprint density at radius 1 is 1.03 bits per heavy atom. The number of aryl methyl sites for hydroxylation is 1. The number of piperazine rings is 1. The summed E-state index contributed by atoms with van der Waals surface area (Å²) >= 11 is 0. The number of nitrogens with one attached hydrogen (secondary N) is 1. The smallest absolute Gasteiger partial charge is 0.270 e. The van der Waals surface area contributed by atoms with Crippen molar-refractivity contribution in [1.29, 1.82) is 0 Å². The van der Waals surface area contributed by atoms with Gasteiger partial charge in [-0.05, 0) is 14.0 Å². The second kappa shape index (κ2) is 9.85. The number of carbonyl (C=O) groups is 1. The molecule has 3 aromatic rings. The van der Waals surface area contributed by atoms with Crippen LogP contribution in [0.3, 0.4) is 0 Å². The van der Waals surface area contributed by atoms with Crippen molar-refractivity contribution in [2.45, 2.75) is 6.92 Å². The van der Waals surface area contributed by atoms with Crippen molar-refractivity contribution in [3.63, 3.8) is 0 Å². The molecule has 0 bridgehead atoms. The van der Waals surface area contributed by atoms with Gasteiger partial charge in [-0.3, -0.25) is 19.8 Å². The minimum atomic E-state index is -0.456. The van der Waals surface area contributed by atoms with Gasteiger partial charge in [0.25, 0.3) is 11.6 Å². The van der Waals surface area contributed by atoms with Crippen LogP contribution in [0.2, 0.25) is 0 Å². The number of benzene rings is 2. The van der Waals surface area contributed by atoms with E-state index in [-0.39, 0.29) is 11.6 Å². The van der Waals surface area contributed by atoms with E-state index in [2.05, 4.69) is 32.1 Å². The molecule has 1 fully saturated rings. The fourth-order valence-corrected chi connectivity index (χ4v) is 3.81. The van der Waals surface area contributed by atoms with Crippen molar-refractivity contribution in [2.75, 3.05) is 39.9 Å². The van der Waals surface area contributed by atoms with Gasteiger partial charge in [0.1, 0.15) is 0 Å². The molecular formula is C24H26N6O3. The molecule has 0 radical (unpaired) electrons. The highest BCUT2D eigenvalue weighted by Gasteiger charge is 2.23. The number of likely N-dealkylation sites (N-methyl/N-ethyl adjacent to an activating group) is 1. The van der Waals surface area contributed by atoms with Gasteiger partial charge in [0, 0.05) is 49.4 Å². The summed E-state index contributed by atoms with van der Waals surface area (Å²) in [4.78, 5) is 37.9. The third-order valence-electron chi connectivity index (χ3n) is 5.74. The number of nitrogens with zero attached hydrogens (tertiary/aromatic N) is 5. The van der Waals surface area contributed by atoms with Gasteiger partial charge in [0.05, 0.1) is 28.5 Å². The molecule has 4 rings (SSSR count). The molecule has 2 aromatic carbocycles. The first-order valence-corrected chi connectivity index (χ1v) is 10.8. The number of hydrogen-bond donors (Lipinski definition) is 1. The molecule has 1 aliphatic rings. The second-order valence-corrected chi connectivity index (χ2v) is 8.12. The molecule has 9 heteroatoms. The van der Waals surface area contributed by atoms with Crippen LogP contribution in [-0.2, 0) is 0 Å². The van der Waals surface area contributed by atoms with Gasteiger partial charge in [-0.25, -0.2) is 9.97 Å². The van der Waals surface area contributed by atoms with Crippen molar-refractivity contribution < 1.29 is 9.72 Å². The molecule has 33 heavy (non-hydrogen) atoms. The average molecular weight is 447 g/mol. The predicted octanol–water partition coefficient (Wildman–Crippen LogP) is 2.96. The van der Waals surface area contributed by atoms with E-state index >= 15 is 0 Å². The standard InChI is InChI=1S/C24H26N6O3/c1-17-21(24(31)25-16-29-13-11-28(2)12-14-29)22(19-9-6-10-20(15-19)30(32)33)27-23(26-17)18-7-4-3-5-8-18/h3-10,15H,11-14,16H2,1-2H3,(H,25,31). The Hall–Kier alpha value is -3.69. The van der Waals surface area contributed by atoms with Crippen molar-refractivity contribution in [2.24, 2.45) is 0 Å². The molecule has 1 saturated heterocycles. The van der Waals surface area contributed by atoms with Crippen LogP contribution in [0.25, 0.3) is 22.6 Å². The Morgan fingerprint density at radius 3 is 2.42 bits per heavy atom. The zero-order chi connectivity index (χ0) is 23.4. The van der Waals surface area contributed by atoms with Crippen LogP contribution in [0.1, 0.15) is 16.1 Å². The number of amides is 1. The summed E-state index contributed by atoms with van der Waals surface area (Å²) in [5.74, 6) is 0.165. The quantitative estimate of drug-likeness (QED) is 0.458. The van der Waals surface area contributed by atoms with E-state index in [0.717, 1.165) is 31.7 Å². The third kappa shape index (κ3) is 5.21. The molecule has 1 aliphatic heterocycles. The fourth-order valence-electron chi connectivity index (χ4n) is 3.81. The SMILES string of the molecule is Cc1nc(-c2ccccc2)nc(-c2cccc([N+](=O)[O-])c2)c1C(=O)NCN1CCN(C)CC1. The Morgan fingerprint density at radius 2 is 1.73 bits per heavy atom. The number of carbonyl (C=O) groups excluding carboxylic acids is 1. The summed E-state index contributed by atoms with van der Waals surface area (Å²) in [7, 11) is 2.08. The van der Waals surface area contributed by atoms with Crippen LogP contribution in [0.15, 0.2) is 54.6 Å². The van der Waals surface area contributed by atoms with Crippen molar-refractivity contribution >= 4 is 11.6 Å². The van der Waals surface area contributed by atoms with Gasteiger partial charge in [0.15, 0.2) is 5.82 Å². The Bertz CT molecular complexity index is 1160. The topological polar surface area (TPSA) is 104 Å². The van der Waals surface area contributed by atoms with E-state index < -0.39 is 4.92 Å². The van der Waals surface area contributed by atoms with Gasteiger partial charge < -0.3 is 10.2 Å². The Balaban J connectivity index is 1.71. The normalized spacial score (nSPS) is 14.7. The number of non-ortho nitro benzene ring substituents is 1. The summed E-state index contributed by atoms with van der Waals surface area (Å²) in [6.07, 6.45) is 0. The van der Waals surface area contributed by atoms with E-state index in [1.807, 2.05) is 30.3 Å². The first-order chi connectivity index (χ1) is 15.9. The highest BCUT2D eigenvalue weighted by Crippen LogP contribution is 2.29. The maximum absolute atomic E-state index is 13.3. The average Bonchev–Trinajstić information content (AvgIpc) is 2.83. The molecule has 0 unspecified atom stereocenters. The lowest BCUT2D eigenvalue weighted by atomic mass is 10.0. The molecule has 0 atom stereocenters. The second-order valence-electron chi connectivity index (χ2n) is 8.12. The highest BCUT2D eigenvalue weighted by atomic mass is 16.6. The lowest BCUT2D eigenvalue weighted by Gasteiger charge is -2.32. The monoisotopic (exact) mass is 446 g/mol. The Labute approximate surface area is 192 Å². The van der Waals surface area contributed by atoms with Crippen LogP contribution in [-0.4, -0.2) is 70.5 Å². The zero-order valence-electron chi connectivity index (χ0n) is 18.7. The molecule has 1 N–H and O–H groups in total. The summed E-state index contributed by atoms with van der Waals surface area (Å²) in [6, 6.07) is 15.6. The number of hydrogen-bond acceptors (Lipinski definition) is 7. The van der Waals surface area contributed by atoms with Gasteiger partial charge in [-0.2, -0.15) is 0 Å². The Kier molecular flexibility index (Phi) is 6.71. The summed E-state index contributed by atoms with van der Waals surface area (Å²) in [5, 5.41) is 14.3. The van der Waals surface area contributed by atoms with E-state index in [1.54, 1.807) is 19.1 Å². The molecule has 2 heterocycles. The molecule has 0 aliphatic carbocycles. The van der Waals surface area contributed by atoms with Crippen molar-refractivity contribution in [1.82, 2.24) is 25.1 Å². The first-order valence-electron chi connectivity index (χ1n) is 10.8. The molecule has 170 valence electrons. The maximum Gasteiger partial charge on any atom is 0.270 e. The van der Waals surface area contributed by atoms with Gasteiger partial charge in [-0.1, -0.05) is 42.5 Å². The van der Waals surface area contributed by atoms with Crippen LogP contribution in [0.5, 0.6) is 0 Å². The van der Waals surface area contributed by atoms with Gasteiger partial charge >= 0.3 is 0 Å². The fraction of sp³-hybridized carbons (Fsp3) is 0.292. The van der Waals surface area contributed by atoms with E-state index in [1.165, 1.54) is 12.1 Å². The number of rotatable bonds is 6. The molecule has 9 nitrogen and oxygen atoms in total. The maximum atomic E-state index is 13.3. The van der Waals surface area contributed by atoms with Gasteiger partial charge in [-0.15, -0.1) is 0 Å². The van der Waals surface area contributed by atoms with Crippen LogP contribution in [0.4, 0.5) is 5.69 Å². The summed E-state index contributed by atoms with van der Waals surface area (Å²) in [6.45, 7) is 5.82. The van der Waals surface area contributed by atoms with Gasteiger partial charge in [0.2, 0.25) is 0 Å². The lowest BCUT2D eigenvalue weighted by molar-refractivity contribution is -0.384. The van der Waals surface area contributed by atoms with E-state index in [0.29, 0.717) is 35.0 Å². The summed E-state index contributed by atoms with van der Waals surface area (Å²) in [5.41, 5.74) is 2.45. The minimum absolute atomic E-state index is 0.0613. The molecule has 1 aromatic heterocycles. The van der Waals surface area contributed by atoms with Crippen LogP contribution >= 0.6 is 0 Å². The zero-order valence-corrected chi connectivity index (χ0v) is 18.7. The number of aromatic nitrogens is 2. The number of nitro groups is 1. The minimum Gasteiger partial charge on any atom is -0.339 e. The molecule has 1 amide bonds. The molecule has 0 spiro atoms. The largest absolute Gasteiger partial charge is 0.339 e. The summed E-state index contributed by atoms with van der Waals surface area (Å²) < 4.78 is 0. The van der Waals surface area contributed by atoms with Crippen molar-refractivity contribution in [3.8, 4) is 22.6 Å². The number of nitro benzene ring substituents is 1. The highest BCUT2D eigenvalue weighted by molar-refractivity contribution is 6.01. The third-order valence-corrected chi connectivity index (χ3v) is 5.74. The molecular weight excluding hydrogens is 420 g/mol. The lowest BCUT2D eigenvalue weighted by Crippen LogP contribution is -2.48. The van der Waals surface area contributed by atoms with Crippen LogP contribution in [0, 0.1) is 17.0 Å². The van der Waals surface area contributed by atoms with E-state index in [9.17, 15) is 14.9 Å². The first kappa shape index (κ1) is 22.5. The van der Waals surface area contributed by atoms with Crippen LogP contribution < -0.4 is 5.32 Å². The predicted molar refractivity (Wildman–Crippen MR) is 126 cm³/mol. The molecule has 0 saturated carbocycles. The van der Waals surface area contributed by atoms with Crippen molar-refractivity contribution in [3.05, 3.63) is 76.0 Å². The van der Waals surface area contributed by atoms with E-state index in [4.69, 9.17) is 0 Å².